The molecule has 1 fully saturated rings. The highest BCUT2D eigenvalue weighted by atomic mass is 127. The Morgan fingerprint density at radius 2 is 2.00 bits per heavy atom. The smallest absolute Gasteiger partial charge is 0.193 e. The normalized spacial score (nSPS) is 17.7. The second-order valence-electron chi connectivity index (χ2n) is 6.84. The summed E-state index contributed by atoms with van der Waals surface area (Å²) in [5.74, 6) is 0.966. The van der Waals surface area contributed by atoms with Crippen LogP contribution < -0.4 is 11.1 Å². The van der Waals surface area contributed by atoms with E-state index < -0.39 is 0 Å². The topological polar surface area (TPSA) is 62.9 Å². The average molecular weight is 446 g/mol. The van der Waals surface area contributed by atoms with Crippen molar-refractivity contribution in [1.29, 1.82) is 0 Å². The molecule has 24 heavy (non-hydrogen) atoms. The van der Waals surface area contributed by atoms with E-state index >= 15 is 0 Å². The van der Waals surface area contributed by atoms with Gasteiger partial charge < -0.3 is 20.7 Å². The highest BCUT2D eigenvalue weighted by Gasteiger charge is 2.34. The number of guanidine groups is 1. The van der Waals surface area contributed by atoms with Crippen LogP contribution >= 0.6 is 24.0 Å². The van der Waals surface area contributed by atoms with E-state index in [2.05, 4.69) is 55.3 Å². The maximum absolute atomic E-state index is 6.10. The quantitative estimate of drug-likeness (QED) is 0.414. The zero-order valence-electron chi connectivity index (χ0n) is 15.2. The van der Waals surface area contributed by atoms with Crippen LogP contribution in [-0.2, 0) is 4.74 Å². The largest absolute Gasteiger partial charge is 0.381 e. The van der Waals surface area contributed by atoms with E-state index in [4.69, 9.17) is 10.5 Å². The Kier molecular flexibility index (Phi) is 8.45. The predicted octanol–water partition coefficient (Wildman–Crippen LogP) is 3.27. The molecule has 2 rings (SSSR count). The third-order valence-corrected chi connectivity index (χ3v) is 4.74. The Hall–Kier alpha value is -0.860. The summed E-state index contributed by atoms with van der Waals surface area (Å²) in [7, 11) is 4.22. The fourth-order valence-corrected chi connectivity index (χ4v) is 2.89. The summed E-state index contributed by atoms with van der Waals surface area (Å²) in [6.45, 7) is 6.63. The Bertz CT molecular complexity index is 540. The second-order valence-corrected chi connectivity index (χ2v) is 6.84. The zero-order valence-corrected chi connectivity index (χ0v) is 17.5. The molecule has 0 aromatic heterocycles. The van der Waals surface area contributed by atoms with Crippen molar-refractivity contribution < 1.29 is 4.74 Å². The number of hydrogen-bond acceptors (Lipinski definition) is 3. The van der Waals surface area contributed by atoms with Gasteiger partial charge in [0.2, 0.25) is 0 Å². The van der Waals surface area contributed by atoms with Crippen LogP contribution in [0.3, 0.4) is 0 Å². The lowest BCUT2D eigenvalue weighted by Crippen LogP contribution is -2.51. The summed E-state index contributed by atoms with van der Waals surface area (Å²) >= 11 is 0. The Balaban J connectivity index is 0.00000288. The van der Waals surface area contributed by atoms with E-state index in [1.807, 2.05) is 12.1 Å². The average Bonchev–Trinajstić information content (AvgIpc) is 2.54. The molecule has 1 aliphatic rings. The van der Waals surface area contributed by atoms with Crippen LogP contribution in [0.15, 0.2) is 29.3 Å². The maximum atomic E-state index is 6.10. The number of nitrogens with zero attached hydrogens (tertiary/aromatic N) is 2. The lowest BCUT2D eigenvalue weighted by Gasteiger charge is -2.41. The SMILES string of the molecule is CC(C)c1cccc(NC(N)=NCC2(N(C)C)CCOCC2)c1.I. The predicted molar refractivity (Wildman–Crippen MR) is 113 cm³/mol. The summed E-state index contributed by atoms with van der Waals surface area (Å²) < 4.78 is 5.49. The Morgan fingerprint density at radius 1 is 1.33 bits per heavy atom. The standard InChI is InChI=1S/C18H30N4O.HI/c1-14(2)15-6-5-7-16(12-15)21-17(19)20-13-18(22(3)4)8-10-23-11-9-18;/h5-7,12,14H,8-11,13H2,1-4H3,(H3,19,20,21);1H. The van der Waals surface area contributed by atoms with Gasteiger partial charge in [-0.3, -0.25) is 4.99 Å². The van der Waals surface area contributed by atoms with Gasteiger partial charge in [0.05, 0.1) is 6.54 Å². The number of anilines is 1. The van der Waals surface area contributed by atoms with E-state index in [1.54, 1.807) is 0 Å². The first kappa shape index (κ1) is 21.2. The van der Waals surface area contributed by atoms with Crippen LogP contribution in [0.1, 0.15) is 38.2 Å². The number of likely N-dealkylation sites (N-methyl/N-ethyl adjacent to an activating group) is 1. The van der Waals surface area contributed by atoms with Gasteiger partial charge in [-0.1, -0.05) is 26.0 Å². The summed E-state index contributed by atoms with van der Waals surface area (Å²) in [6, 6.07) is 8.32. The summed E-state index contributed by atoms with van der Waals surface area (Å²) in [6.07, 6.45) is 1.97. The summed E-state index contributed by atoms with van der Waals surface area (Å²) in [5.41, 5.74) is 8.42. The molecule has 0 amide bonds. The van der Waals surface area contributed by atoms with Crippen molar-refractivity contribution in [2.24, 2.45) is 10.7 Å². The van der Waals surface area contributed by atoms with Crippen molar-refractivity contribution in [3.05, 3.63) is 29.8 Å². The molecule has 0 radical (unpaired) electrons. The van der Waals surface area contributed by atoms with E-state index in [9.17, 15) is 0 Å². The van der Waals surface area contributed by atoms with Gasteiger partial charge in [0, 0.05) is 24.4 Å². The molecule has 3 N–H and O–H groups in total. The van der Waals surface area contributed by atoms with Crippen LogP contribution in [0.2, 0.25) is 0 Å². The minimum absolute atomic E-state index is 0. The monoisotopic (exact) mass is 446 g/mol. The van der Waals surface area contributed by atoms with Gasteiger partial charge in [0.1, 0.15) is 0 Å². The molecule has 6 heteroatoms. The fraction of sp³-hybridized carbons (Fsp3) is 0.611. The minimum atomic E-state index is 0. The molecule has 0 atom stereocenters. The van der Waals surface area contributed by atoms with E-state index in [0.717, 1.165) is 31.7 Å². The minimum Gasteiger partial charge on any atom is -0.381 e. The molecule has 1 aromatic carbocycles. The molecule has 0 unspecified atom stereocenters. The number of aliphatic imine (C=N–C) groups is 1. The molecule has 0 saturated carbocycles. The van der Waals surface area contributed by atoms with E-state index in [0.29, 0.717) is 18.4 Å². The number of benzene rings is 1. The highest BCUT2D eigenvalue weighted by molar-refractivity contribution is 14.0. The van der Waals surface area contributed by atoms with Gasteiger partial charge in [-0.2, -0.15) is 0 Å². The lowest BCUT2D eigenvalue weighted by molar-refractivity contribution is -0.00249. The lowest BCUT2D eigenvalue weighted by atomic mass is 9.89. The van der Waals surface area contributed by atoms with Crippen molar-refractivity contribution in [3.63, 3.8) is 0 Å². The third kappa shape index (κ3) is 5.60. The molecule has 136 valence electrons. The number of hydrogen-bond donors (Lipinski definition) is 2. The molecular formula is C18H31IN4O. The summed E-state index contributed by atoms with van der Waals surface area (Å²) in [5, 5.41) is 3.21. The van der Waals surface area contributed by atoms with E-state index in [1.165, 1.54) is 5.56 Å². The molecule has 1 aliphatic heterocycles. The van der Waals surface area contributed by atoms with Crippen LogP contribution in [-0.4, -0.2) is 50.3 Å². The molecule has 0 spiro atoms. The zero-order chi connectivity index (χ0) is 16.9. The molecule has 1 aromatic rings. The van der Waals surface area contributed by atoms with Crippen LogP contribution in [0.5, 0.6) is 0 Å². The first-order chi connectivity index (χ1) is 10.9. The molecule has 0 aliphatic carbocycles. The van der Waals surface area contributed by atoms with Gasteiger partial charge in [0.25, 0.3) is 0 Å². The highest BCUT2D eigenvalue weighted by Crippen LogP contribution is 2.26. The van der Waals surface area contributed by atoms with Gasteiger partial charge in [0.15, 0.2) is 5.96 Å². The number of ether oxygens (including phenoxy) is 1. The van der Waals surface area contributed by atoms with Gasteiger partial charge in [-0.05, 0) is 50.6 Å². The first-order valence-electron chi connectivity index (χ1n) is 8.35. The van der Waals surface area contributed by atoms with Crippen LogP contribution in [0.4, 0.5) is 5.69 Å². The van der Waals surface area contributed by atoms with Crippen molar-refractivity contribution in [2.45, 2.75) is 38.1 Å². The maximum Gasteiger partial charge on any atom is 0.193 e. The molecule has 0 bridgehead atoms. The first-order valence-corrected chi connectivity index (χ1v) is 8.35. The van der Waals surface area contributed by atoms with Gasteiger partial charge in [-0.15, -0.1) is 24.0 Å². The second kappa shape index (κ2) is 9.58. The van der Waals surface area contributed by atoms with Gasteiger partial charge in [-0.25, -0.2) is 0 Å². The van der Waals surface area contributed by atoms with Crippen molar-refractivity contribution in [1.82, 2.24) is 4.90 Å². The molecule has 1 saturated heterocycles. The van der Waals surface area contributed by atoms with Crippen molar-refractivity contribution in [3.8, 4) is 0 Å². The van der Waals surface area contributed by atoms with E-state index in [-0.39, 0.29) is 29.5 Å². The van der Waals surface area contributed by atoms with Crippen molar-refractivity contribution in [2.75, 3.05) is 39.2 Å². The van der Waals surface area contributed by atoms with Crippen LogP contribution in [0, 0.1) is 0 Å². The van der Waals surface area contributed by atoms with Crippen molar-refractivity contribution >= 4 is 35.6 Å². The van der Waals surface area contributed by atoms with Gasteiger partial charge >= 0.3 is 0 Å². The summed E-state index contributed by atoms with van der Waals surface area (Å²) in [4.78, 5) is 6.85. The van der Waals surface area contributed by atoms with Crippen LogP contribution in [0.25, 0.3) is 0 Å². The third-order valence-electron chi connectivity index (χ3n) is 4.74. The number of rotatable bonds is 5. The number of nitrogens with one attached hydrogen (secondary N) is 1. The molecular weight excluding hydrogens is 415 g/mol. The fourth-order valence-electron chi connectivity index (χ4n) is 2.89. The molecule has 1 heterocycles. The Labute approximate surface area is 163 Å². The number of halogens is 1. The number of nitrogens with two attached hydrogens (primary N) is 1. The molecule has 5 nitrogen and oxygen atoms in total. The Morgan fingerprint density at radius 3 is 2.58 bits per heavy atom.